The molecular weight excluding hydrogens is 234 g/mol. The maximum Gasteiger partial charge on any atom is 0.0986 e. The summed E-state index contributed by atoms with van der Waals surface area (Å²) in [5.41, 5.74) is 2.42. The molecular formula is C12H23N3OS. The average molecular weight is 257 g/mol. The van der Waals surface area contributed by atoms with Crippen molar-refractivity contribution >= 4 is 11.8 Å². The van der Waals surface area contributed by atoms with Crippen LogP contribution < -0.4 is 5.32 Å². The summed E-state index contributed by atoms with van der Waals surface area (Å²) in [5.74, 6) is 0. The van der Waals surface area contributed by atoms with Crippen LogP contribution in [0.15, 0.2) is 5.03 Å². The zero-order chi connectivity index (χ0) is 12.8. The Bertz CT molecular complexity index is 350. The lowest BCUT2D eigenvalue weighted by atomic mass is 10.2. The fourth-order valence-electron chi connectivity index (χ4n) is 1.64. The Morgan fingerprint density at radius 1 is 1.47 bits per heavy atom. The molecule has 0 spiro atoms. The summed E-state index contributed by atoms with van der Waals surface area (Å²) in [5, 5.41) is 9.70. The first-order chi connectivity index (χ1) is 8.06. The summed E-state index contributed by atoms with van der Waals surface area (Å²) in [7, 11) is 3.73. The van der Waals surface area contributed by atoms with Gasteiger partial charge in [0.1, 0.15) is 0 Å². The van der Waals surface area contributed by atoms with Gasteiger partial charge in [-0.25, -0.2) is 0 Å². The van der Waals surface area contributed by atoms with E-state index in [1.165, 1.54) is 10.6 Å². The van der Waals surface area contributed by atoms with Crippen LogP contribution in [0, 0.1) is 6.92 Å². The first-order valence-corrected chi connectivity index (χ1v) is 6.83. The minimum atomic E-state index is 0.572. The number of thioether (sulfide) groups is 1. The van der Waals surface area contributed by atoms with E-state index in [1.807, 2.05) is 23.5 Å². The third-order valence-corrected chi connectivity index (χ3v) is 3.63. The van der Waals surface area contributed by atoms with Gasteiger partial charge >= 0.3 is 0 Å². The third kappa shape index (κ3) is 4.33. The van der Waals surface area contributed by atoms with Crippen LogP contribution in [0.25, 0.3) is 0 Å². The van der Waals surface area contributed by atoms with E-state index in [-0.39, 0.29) is 0 Å². The zero-order valence-corrected chi connectivity index (χ0v) is 12.2. The lowest BCUT2D eigenvalue weighted by Gasteiger charge is -2.09. The molecule has 1 rings (SSSR count). The summed E-state index contributed by atoms with van der Waals surface area (Å²) in [4.78, 5) is 0. The van der Waals surface area contributed by atoms with E-state index in [4.69, 9.17) is 4.74 Å². The molecule has 1 aromatic heterocycles. The molecule has 0 radical (unpaired) electrons. The van der Waals surface area contributed by atoms with Crippen molar-refractivity contribution < 1.29 is 4.74 Å². The van der Waals surface area contributed by atoms with Gasteiger partial charge in [0.05, 0.1) is 17.3 Å². The monoisotopic (exact) mass is 257 g/mol. The lowest BCUT2D eigenvalue weighted by Crippen LogP contribution is -2.19. The fraction of sp³-hybridized carbons (Fsp3) is 0.750. The summed E-state index contributed by atoms with van der Waals surface area (Å²) >= 11 is 1.87. The molecule has 1 heterocycles. The van der Waals surface area contributed by atoms with Crippen molar-refractivity contribution in [1.29, 1.82) is 0 Å². The summed E-state index contributed by atoms with van der Waals surface area (Å²) < 4.78 is 7.00. The fourth-order valence-corrected chi connectivity index (χ4v) is 2.64. The minimum Gasteiger partial charge on any atom is -0.383 e. The molecule has 1 N–H and O–H groups in total. The number of ether oxygens (including phenoxy) is 1. The Hall–Kier alpha value is -0.520. The molecule has 0 fully saturated rings. The van der Waals surface area contributed by atoms with Crippen LogP contribution >= 0.6 is 11.8 Å². The van der Waals surface area contributed by atoms with Gasteiger partial charge in [0.25, 0.3) is 0 Å². The van der Waals surface area contributed by atoms with E-state index in [0.29, 0.717) is 5.25 Å². The van der Waals surface area contributed by atoms with Gasteiger partial charge in [-0.05, 0) is 6.92 Å². The van der Waals surface area contributed by atoms with Gasteiger partial charge in [0, 0.05) is 38.1 Å². The molecule has 98 valence electrons. The van der Waals surface area contributed by atoms with Crippen molar-refractivity contribution in [2.45, 2.75) is 37.6 Å². The third-order valence-electron chi connectivity index (χ3n) is 2.42. The second kappa shape index (κ2) is 7.03. The van der Waals surface area contributed by atoms with Gasteiger partial charge in [-0.1, -0.05) is 13.8 Å². The highest BCUT2D eigenvalue weighted by molar-refractivity contribution is 7.99. The molecule has 0 aliphatic rings. The topological polar surface area (TPSA) is 39.1 Å². The van der Waals surface area contributed by atoms with E-state index in [1.54, 1.807) is 7.11 Å². The molecule has 0 amide bonds. The van der Waals surface area contributed by atoms with Crippen molar-refractivity contribution in [3.8, 4) is 0 Å². The van der Waals surface area contributed by atoms with Gasteiger partial charge in [0.2, 0.25) is 0 Å². The number of hydrogen-bond acceptors (Lipinski definition) is 4. The van der Waals surface area contributed by atoms with Crippen molar-refractivity contribution in [1.82, 2.24) is 15.1 Å². The Labute approximate surface area is 108 Å². The Kier molecular flexibility index (Phi) is 6.02. The largest absolute Gasteiger partial charge is 0.383 e. The second-order valence-corrected chi connectivity index (χ2v) is 5.89. The number of aryl methyl sites for hydroxylation is 2. The maximum atomic E-state index is 5.02. The first-order valence-electron chi connectivity index (χ1n) is 5.95. The Morgan fingerprint density at radius 3 is 2.76 bits per heavy atom. The number of methoxy groups -OCH3 is 1. The minimum absolute atomic E-state index is 0.572. The standard InChI is InChI=1S/C12H23N3OS/c1-9(2)17-12-11(8-13-6-7-16-5)10(3)14-15(12)4/h9,13H,6-8H2,1-5H3. The van der Waals surface area contributed by atoms with E-state index < -0.39 is 0 Å². The van der Waals surface area contributed by atoms with Crippen LogP contribution in [0.4, 0.5) is 0 Å². The Balaban J connectivity index is 2.68. The van der Waals surface area contributed by atoms with Crippen molar-refractivity contribution in [2.75, 3.05) is 20.3 Å². The number of aromatic nitrogens is 2. The maximum absolute atomic E-state index is 5.02. The van der Waals surface area contributed by atoms with Crippen LogP contribution in [0.3, 0.4) is 0 Å². The van der Waals surface area contributed by atoms with Crippen LogP contribution in [0.1, 0.15) is 25.1 Å². The SMILES string of the molecule is COCCNCc1c(C)nn(C)c1SC(C)C. The highest BCUT2D eigenvalue weighted by Gasteiger charge is 2.14. The number of hydrogen-bond donors (Lipinski definition) is 1. The smallest absolute Gasteiger partial charge is 0.0986 e. The molecule has 4 nitrogen and oxygen atoms in total. The summed E-state index contributed by atoms with van der Waals surface area (Å²) in [6.45, 7) is 8.95. The predicted molar refractivity (Wildman–Crippen MR) is 72.5 cm³/mol. The predicted octanol–water partition coefficient (Wildman–Crippen LogP) is 1.97. The molecule has 0 unspecified atom stereocenters. The van der Waals surface area contributed by atoms with E-state index >= 15 is 0 Å². The number of rotatable bonds is 7. The average Bonchev–Trinajstić information content (AvgIpc) is 2.50. The number of nitrogens with one attached hydrogen (secondary N) is 1. The lowest BCUT2D eigenvalue weighted by molar-refractivity contribution is 0.199. The highest BCUT2D eigenvalue weighted by atomic mass is 32.2. The summed E-state index contributed by atoms with van der Waals surface area (Å²) in [6, 6.07) is 0. The molecule has 0 aliphatic heterocycles. The second-order valence-electron chi connectivity index (χ2n) is 4.33. The van der Waals surface area contributed by atoms with Gasteiger partial charge in [-0.3, -0.25) is 4.68 Å². The van der Waals surface area contributed by atoms with E-state index in [0.717, 1.165) is 25.4 Å². The van der Waals surface area contributed by atoms with Gasteiger partial charge in [-0.15, -0.1) is 11.8 Å². The Morgan fingerprint density at radius 2 is 2.18 bits per heavy atom. The van der Waals surface area contributed by atoms with Crippen LogP contribution in [-0.4, -0.2) is 35.3 Å². The molecule has 5 heteroatoms. The molecule has 17 heavy (non-hydrogen) atoms. The van der Waals surface area contributed by atoms with Crippen molar-refractivity contribution in [3.05, 3.63) is 11.3 Å². The van der Waals surface area contributed by atoms with Gasteiger partial charge in [-0.2, -0.15) is 5.10 Å². The van der Waals surface area contributed by atoms with E-state index in [2.05, 4.69) is 31.2 Å². The van der Waals surface area contributed by atoms with Crippen molar-refractivity contribution in [3.63, 3.8) is 0 Å². The summed E-state index contributed by atoms with van der Waals surface area (Å²) in [6.07, 6.45) is 0. The number of nitrogens with zero attached hydrogens (tertiary/aromatic N) is 2. The molecule has 0 bridgehead atoms. The normalized spacial score (nSPS) is 11.4. The van der Waals surface area contributed by atoms with Crippen LogP contribution in [0.2, 0.25) is 0 Å². The molecule has 0 saturated heterocycles. The van der Waals surface area contributed by atoms with Crippen LogP contribution in [0.5, 0.6) is 0 Å². The zero-order valence-electron chi connectivity index (χ0n) is 11.4. The molecule has 0 aromatic carbocycles. The van der Waals surface area contributed by atoms with E-state index in [9.17, 15) is 0 Å². The quantitative estimate of drug-likeness (QED) is 0.599. The highest BCUT2D eigenvalue weighted by Crippen LogP contribution is 2.28. The van der Waals surface area contributed by atoms with Crippen LogP contribution in [-0.2, 0) is 18.3 Å². The van der Waals surface area contributed by atoms with Gasteiger partial charge in [0.15, 0.2) is 0 Å². The molecule has 0 saturated carbocycles. The van der Waals surface area contributed by atoms with Crippen molar-refractivity contribution in [2.24, 2.45) is 7.05 Å². The molecule has 0 aliphatic carbocycles. The molecule has 0 atom stereocenters. The molecule has 1 aromatic rings. The first kappa shape index (κ1) is 14.5. The van der Waals surface area contributed by atoms with Gasteiger partial charge < -0.3 is 10.1 Å².